The number of para-hydroxylation sites is 1. The molecule has 1 N–H and O–H groups in total. The van der Waals surface area contributed by atoms with Crippen LogP contribution in [0, 0.1) is 5.92 Å². The SMILES string of the molecule is O=C(Nc1ccccc1)C1CCCN(c2ccc(-c3cccnc3)nn2)C1. The Morgan fingerprint density at radius 2 is 1.93 bits per heavy atom. The van der Waals surface area contributed by atoms with E-state index in [1.54, 1.807) is 12.4 Å². The Hall–Kier alpha value is -3.28. The highest BCUT2D eigenvalue weighted by molar-refractivity contribution is 5.93. The van der Waals surface area contributed by atoms with Gasteiger partial charge in [0, 0.05) is 36.7 Å². The number of anilines is 2. The van der Waals surface area contributed by atoms with Crippen LogP contribution in [0.2, 0.25) is 0 Å². The molecule has 4 rings (SSSR count). The molecule has 0 spiro atoms. The Morgan fingerprint density at radius 3 is 2.67 bits per heavy atom. The summed E-state index contributed by atoms with van der Waals surface area (Å²) >= 11 is 0. The predicted octanol–water partition coefficient (Wildman–Crippen LogP) is 3.39. The molecular formula is C21H21N5O. The molecule has 1 amide bonds. The minimum Gasteiger partial charge on any atom is -0.354 e. The first-order chi connectivity index (χ1) is 13.3. The number of nitrogens with zero attached hydrogens (tertiary/aromatic N) is 4. The van der Waals surface area contributed by atoms with Crippen molar-refractivity contribution in [3.8, 4) is 11.3 Å². The summed E-state index contributed by atoms with van der Waals surface area (Å²) < 4.78 is 0. The van der Waals surface area contributed by atoms with E-state index in [2.05, 4.69) is 25.4 Å². The molecule has 1 aromatic carbocycles. The molecule has 3 heterocycles. The fraction of sp³-hybridized carbons (Fsp3) is 0.238. The van der Waals surface area contributed by atoms with Crippen LogP contribution in [0.25, 0.3) is 11.3 Å². The number of amides is 1. The Bertz CT molecular complexity index is 883. The van der Waals surface area contributed by atoms with Gasteiger partial charge in [0.15, 0.2) is 5.82 Å². The smallest absolute Gasteiger partial charge is 0.229 e. The molecule has 6 nitrogen and oxygen atoms in total. The largest absolute Gasteiger partial charge is 0.354 e. The van der Waals surface area contributed by atoms with E-state index >= 15 is 0 Å². The van der Waals surface area contributed by atoms with E-state index in [1.807, 2.05) is 54.6 Å². The molecule has 0 radical (unpaired) electrons. The van der Waals surface area contributed by atoms with Gasteiger partial charge < -0.3 is 10.2 Å². The summed E-state index contributed by atoms with van der Waals surface area (Å²) in [5, 5.41) is 11.7. The Kier molecular flexibility index (Phi) is 5.05. The minimum atomic E-state index is -0.0567. The lowest BCUT2D eigenvalue weighted by Gasteiger charge is -2.32. The highest BCUT2D eigenvalue weighted by Gasteiger charge is 2.26. The van der Waals surface area contributed by atoms with Crippen LogP contribution in [0.15, 0.2) is 67.0 Å². The predicted molar refractivity (Wildman–Crippen MR) is 105 cm³/mol. The van der Waals surface area contributed by atoms with Crippen molar-refractivity contribution >= 4 is 17.4 Å². The van der Waals surface area contributed by atoms with Crippen LogP contribution < -0.4 is 10.2 Å². The Labute approximate surface area is 158 Å². The molecule has 1 saturated heterocycles. The van der Waals surface area contributed by atoms with Gasteiger partial charge in [0.2, 0.25) is 5.91 Å². The second kappa shape index (κ2) is 7.95. The highest BCUT2D eigenvalue weighted by atomic mass is 16.1. The van der Waals surface area contributed by atoms with E-state index in [-0.39, 0.29) is 11.8 Å². The summed E-state index contributed by atoms with van der Waals surface area (Å²) in [7, 11) is 0. The summed E-state index contributed by atoms with van der Waals surface area (Å²) in [6, 6.07) is 17.3. The first kappa shape index (κ1) is 17.1. The molecule has 0 aliphatic carbocycles. The third kappa shape index (κ3) is 4.11. The molecule has 1 aliphatic heterocycles. The number of rotatable bonds is 4. The molecule has 0 bridgehead atoms. The zero-order chi connectivity index (χ0) is 18.5. The maximum Gasteiger partial charge on any atom is 0.229 e. The van der Waals surface area contributed by atoms with Crippen molar-refractivity contribution in [1.82, 2.24) is 15.2 Å². The summed E-state index contributed by atoms with van der Waals surface area (Å²) in [5.74, 6) is 0.810. The maximum absolute atomic E-state index is 12.6. The van der Waals surface area contributed by atoms with Gasteiger partial charge in [0.1, 0.15) is 0 Å². The van der Waals surface area contributed by atoms with Gasteiger partial charge in [-0.25, -0.2) is 0 Å². The molecule has 1 aliphatic rings. The standard InChI is InChI=1S/C21H21N5O/c27-21(23-18-8-2-1-3-9-18)17-7-5-13-26(15-17)20-11-10-19(24-25-20)16-6-4-12-22-14-16/h1-4,6,8-12,14,17H,5,7,13,15H2,(H,23,27). The maximum atomic E-state index is 12.6. The Balaban J connectivity index is 1.43. The van der Waals surface area contributed by atoms with Crippen molar-refractivity contribution in [1.29, 1.82) is 0 Å². The van der Waals surface area contributed by atoms with E-state index in [0.29, 0.717) is 6.54 Å². The van der Waals surface area contributed by atoms with Gasteiger partial charge >= 0.3 is 0 Å². The molecule has 3 aromatic rings. The zero-order valence-corrected chi connectivity index (χ0v) is 15.0. The monoisotopic (exact) mass is 359 g/mol. The van der Waals surface area contributed by atoms with Gasteiger partial charge in [-0.1, -0.05) is 18.2 Å². The molecule has 27 heavy (non-hydrogen) atoms. The quantitative estimate of drug-likeness (QED) is 0.773. The van der Waals surface area contributed by atoms with Crippen molar-refractivity contribution in [3.05, 3.63) is 67.0 Å². The van der Waals surface area contributed by atoms with E-state index in [0.717, 1.165) is 42.1 Å². The first-order valence-corrected chi connectivity index (χ1v) is 9.14. The van der Waals surface area contributed by atoms with Crippen LogP contribution in [0.1, 0.15) is 12.8 Å². The van der Waals surface area contributed by atoms with Crippen LogP contribution >= 0.6 is 0 Å². The lowest BCUT2D eigenvalue weighted by molar-refractivity contribution is -0.120. The van der Waals surface area contributed by atoms with Crippen LogP contribution in [0.5, 0.6) is 0 Å². The van der Waals surface area contributed by atoms with Gasteiger partial charge in [-0.2, -0.15) is 0 Å². The fourth-order valence-corrected chi connectivity index (χ4v) is 3.33. The normalized spacial score (nSPS) is 16.7. The van der Waals surface area contributed by atoms with E-state index < -0.39 is 0 Å². The molecule has 1 fully saturated rings. The van der Waals surface area contributed by atoms with Crippen LogP contribution in [0.4, 0.5) is 11.5 Å². The second-order valence-electron chi connectivity index (χ2n) is 6.66. The third-order valence-electron chi connectivity index (χ3n) is 4.77. The molecule has 136 valence electrons. The first-order valence-electron chi connectivity index (χ1n) is 9.14. The van der Waals surface area contributed by atoms with Gasteiger partial charge in [-0.3, -0.25) is 9.78 Å². The summed E-state index contributed by atoms with van der Waals surface area (Å²) in [6.07, 6.45) is 5.35. The van der Waals surface area contributed by atoms with E-state index in [9.17, 15) is 4.79 Å². The number of hydrogen-bond donors (Lipinski definition) is 1. The van der Waals surface area contributed by atoms with Crippen molar-refractivity contribution in [2.45, 2.75) is 12.8 Å². The lowest BCUT2D eigenvalue weighted by Crippen LogP contribution is -2.41. The number of hydrogen-bond acceptors (Lipinski definition) is 5. The third-order valence-corrected chi connectivity index (χ3v) is 4.77. The van der Waals surface area contributed by atoms with E-state index in [4.69, 9.17) is 0 Å². The van der Waals surface area contributed by atoms with E-state index in [1.165, 1.54) is 0 Å². The molecular weight excluding hydrogens is 338 g/mol. The molecule has 2 aromatic heterocycles. The molecule has 1 atom stereocenters. The molecule has 1 unspecified atom stereocenters. The fourth-order valence-electron chi connectivity index (χ4n) is 3.33. The van der Waals surface area contributed by atoms with Crippen LogP contribution in [0.3, 0.4) is 0 Å². The highest BCUT2D eigenvalue weighted by Crippen LogP contribution is 2.24. The van der Waals surface area contributed by atoms with Crippen molar-refractivity contribution in [2.24, 2.45) is 5.92 Å². The van der Waals surface area contributed by atoms with Crippen molar-refractivity contribution in [2.75, 3.05) is 23.3 Å². The van der Waals surface area contributed by atoms with Gasteiger partial charge in [0.05, 0.1) is 11.6 Å². The zero-order valence-electron chi connectivity index (χ0n) is 15.0. The van der Waals surface area contributed by atoms with Gasteiger partial charge in [0.25, 0.3) is 0 Å². The average molecular weight is 359 g/mol. The van der Waals surface area contributed by atoms with Gasteiger partial charge in [-0.05, 0) is 49.2 Å². The van der Waals surface area contributed by atoms with Crippen molar-refractivity contribution < 1.29 is 4.79 Å². The minimum absolute atomic E-state index is 0.0567. The number of carbonyl (C=O) groups excluding carboxylic acids is 1. The van der Waals surface area contributed by atoms with Gasteiger partial charge in [-0.15, -0.1) is 10.2 Å². The number of carbonyl (C=O) groups is 1. The second-order valence-corrected chi connectivity index (χ2v) is 6.66. The van der Waals surface area contributed by atoms with Crippen LogP contribution in [-0.4, -0.2) is 34.2 Å². The summed E-state index contributed by atoms with van der Waals surface area (Å²) in [4.78, 5) is 18.9. The summed E-state index contributed by atoms with van der Waals surface area (Å²) in [6.45, 7) is 1.54. The average Bonchev–Trinajstić information content (AvgIpc) is 2.75. The number of aromatic nitrogens is 3. The topological polar surface area (TPSA) is 71.0 Å². The summed E-state index contributed by atoms with van der Waals surface area (Å²) in [5.41, 5.74) is 2.57. The molecule has 0 saturated carbocycles. The number of benzene rings is 1. The number of nitrogens with one attached hydrogen (secondary N) is 1. The Morgan fingerprint density at radius 1 is 1.04 bits per heavy atom. The van der Waals surface area contributed by atoms with Crippen molar-refractivity contribution in [3.63, 3.8) is 0 Å². The van der Waals surface area contributed by atoms with Crippen LogP contribution in [-0.2, 0) is 4.79 Å². The number of piperidine rings is 1. The lowest BCUT2D eigenvalue weighted by atomic mass is 9.97. The molecule has 6 heteroatoms. The number of pyridine rings is 1.